The lowest BCUT2D eigenvalue weighted by Crippen LogP contribution is -2.23. The molecule has 8 heteroatoms. The monoisotopic (exact) mass is 374 g/mol. The fourth-order valence-corrected chi connectivity index (χ4v) is 2.75. The summed E-state index contributed by atoms with van der Waals surface area (Å²) >= 11 is 6.01. The van der Waals surface area contributed by atoms with E-state index in [4.69, 9.17) is 21.1 Å². The van der Waals surface area contributed by atoms with Crippen molar-refractivity contribution in [1.82, 2.24) is 4.98 Å². The Morgan fingerprint density at radius 3 is 2.46 bits per heavy atom. The van der Waals surface area contributed by atoms with Crippen LogP contribution in [0.5, 0.6) is 17.2 Å². The Bertz CT molecular complexity index is 1060. The van der Waals surface area contributed by atoms with Gasteiger partial charge in [-0.05, 0) is 18.2 Å². The number of methoxy groups -OCH3 is 2. The van der Waals surface area contributed by atoms with Gasteiger partial charge in [-0.15, -0.1) is 0 Å². The number of aromatic nitrogens is 1. The van der Waals surface area contributed by atoms with E-state index in [2.05, 4.69) is 10.3 Å². The first-order valence-electron chi connectivity index (χ1n) is 7.53. The van der Waals surface area contributed by atoms with Crippen LogP contribution in [0.1, 0.15) is 10.4 Å². The van der Waals surface area contributed by atoms with E-state index < -0.39 is 22.8 Å². The van der Waals surface area contributed by atoms with Crippen molar-refractivity contribution in [3.63, 3.8) is 0 Å². The molecule has 7 nitrogen and oxygen atoms in total. The highest BCUT2D eigenvalue weighted by molar-refractivity contribution is 6.34. The summed E-state index contributed by atoms with van der Waals surface area (Å²) in [7, 11) is 2.89. The number of hydrogen-bond donors (Lipinski definition) is 3. The molecule has 1 amide bonds. The number of carbonyl (C=O) groups excluding carboxylic acids is 1. The second-order valence-corrected chi connectivity index (χ2v) is 5.77. The normalized spacial score (nSPS) is 10.6. The molecule has 2 aromatic carbocycles. The maximum Gasteiger partial charge on any atom is 0.265 e. The molecule has 1 heterocycles. The number of hydrogen-bond acceptors (Lipinski definition) is 5. The predicted octanol–water partition coefficient (Wildman–Crippen LogP) is 3.16. The number of aromatic hydroxyl groups is 1. The van der Waals surface area contributed by atoms with Crippen molar-refractivity contribution in [2.24, 2.45) is 0 Å². The second kappa shape index (κ2) is 6.97. The van der Waals surface area contributed by atoms with Crippen LogP contribution in [0.25, 0.3) is 10.9 Å². The molecule has 0 spiro atoms. The van der Waals surface area contributed by atoms with E-state index in [0.29, 0.717) is 27.7 Å². The molecule has 0 radical (unpaired) electrons. The largest absolute Gasteiger partial charge is 0.506 e. The lowest BCUT2D eigenvalue weighted by molar-refractivity contribution is 0.102. The number of ether oxygens (including phenoxy) is 2. The van der Waals surface area contributed by atoms with E-state index in [0.717, 1.165) is 0 Å². The second-order valence-electron chi connectivity index (χ2n) is 5.36. The van der Waals surface area contributed by atoms with Crippen LogP contribution in [0.2, 0.25) is 5.02 Å². The Kier molecular flexibility index (Phi) is 4.73. The van der Waals surface area contributed by atoms with Crippen LogP contribution in [0.15, 0.2) is 41.2 Å². The van der Waals surface area contributed by atoms with E-state index in [1.807, 2.05) is 0 Å². The Balaban J connectivity index is 2.13. The van der Waals surface area contributed by atoms with E-state index >= 15 is 0 Å². The molecule has 0 fully saturated rings. The van der Waals surface area contributed by atoms with Gasteiger partial charge < -0.3 is 24.9 Å². The number of amides is 1. The summed E-state index contributed by atoms with van der Waals surface area (Å²) < 4.78 is 10.4. The van der Waals surface area contributed by atoms with Crippen molar-refractivity contribution in [2.75, 3.05) is 19.5 Å². The summed E-state index contributed by atoms with van der Waals surface area (Å²) in [5.41, 5.74) is -0.541. The number of rotatable bonds is 4. The fourth-order valence-electron chi connectivity index (χ4n) is 2.56. The Morgan fingerprint density at radius 1 is 1.15 bits per heavy atom. The minimum atomic E-state index is -0.784. The van der Waals surface area contributed by atoms with Gasteiger partial charge in [0.1, 0.15) is 11.3 Å². The lowest BCUT2D eigenvalue weighted by Gasteiger charge is -2.12. The van der Waals surface area contributed by atoms with Gasteiger partial charge >= 0.3 is 0 Å². The van der Waals surface area contributed by atoms with Gasteiger partial charge in [-0.25, -0.2) is 0 Å². The molecule has 0 unspecified atom stereocenters. The van der Waals surface area contributed by atoms with Crippen molar-refractivity contribution < 1.29 is 19.4 Å². The average molecular weight is 375 g/mol. The molecular weight excluding hydrogens is 360 g/mol. The van der Waals surface area contributed by atoms with Gasteiger partial charge in [0.2, 0.25) is 0 Å². The van der Waals surface area contributed by atoms with Gasteiger partial charge in [0.15, 0.2) is 11.5 Å². The number of nitrogens with one attached hydrogen (secondary N) is 2. The highest BCUT2D eigenvalue weighted by atomic mass is 35.5. The third-order valence-electron chi connectivity index (χ3n) is 3.84. The molecule has 0 bridgehead atoms. The third kappa shape index (κ3) is 3.04. The van der Waals surface area contributed by atoms with Crippen LogP contribution in [0.3, 0.4) is 0 Å². The van der Waals surface area contributed by atoms with E-state index in [-0.39, 0.29) is 5.39 Å². The van der Waals surface area contributed by atoms with Crippen LogP contribution in [-0.2, 0) is 0 Å². The van der Waals surface area contributed by atoms with E-state index in [1.165, 1.54) is 26.4 Å². The number of carbonyl (C=O) groups is 1. The molecule has 0 aliphatic heterocycles. The maximum atomic E-state index is 12.5. The Labute approximate surface area is 153 Å². The van der Waals surface area contributed by atoms with Gasteiger partial charge in [0.25, 0.3) is 11.5 Å². The number of benzene rings is 2. The molecule has 134 valence electrons. The molecule has 3 aromatic rings. The summed E-state index contributed by atoms with van der Waals surface area (Å²) in [4.78, 5) is 27.4. The third-order valence-corrected chi connectivity index (χ3v) is 4.17. The van der Waals surface area contributed by atoms with Crippen molar-refractivity contribution in [3.8, 4) is 17.2 Å². The Morgan fingerprint density at radius 2 is 1.81 bits per heavy atom. The molecule has 1 aromatic heterocycles. The average Bonchev–Trinajstić information content (AvgIpc) is 2.62. The zero-order valence-corrected chi connectivity index (χ0v) is 14.7. The SMILES string of the molecule is COc1cc2[nH]c(=O)c(C(=O)Nc3ccccc3Cl)c(O)c2cc1OC. The minimum Gasteiger partial charge on any atom is -0.506 e. The number of aromatic amines is 1. The predicted molar refractivity (Wildman–Crippen MR) is 98.7 cm³/mol. The smallest absolute Gasteiger partial charge is 0.265 e. The van der Waals surface area contributed by atoms with Gasteiger partial charge in [-0.2, -0.15) is 0 Å². The molecule has 0 saturated carbocycles. The lowest BCUT2D eigenvalue weighted by atomic mass is 10.1. The highest BCUT2D eigenvalue weighted by Gasteiger charge is 2.21. The Hall–Kier alpha value is -3.19. The van der Waals surface area contributed by atoms with Crippen molar-refractivity contribution in [1.29, 1.82) is 0 Å². The first-order chi connectivity index (χ1) is 12.5. The number of fused-ring (bicyclic) bond motifs is 1. The molecule has 3 rings (SSSR count). The summed E-state index contributed by atoms with van der Waals surface area (Å²) in [6.45, 7) is 0. The quantitative estimate of drug-likeness (QED) is 0.651. The van der Waals surface area contributed by atoms with Gasteiger partial charge in [-0.1, -0.05) is 23.7 Å². The number of para-hydroxylation sites is 1. The van der Waals surface area contributed by atoms with E-state index in [9.17, 15) is 14.7 Å². The zero-order chi connectivity index (χ0) is 18.8. The van der Waals surface area contributed by atoms with Gasteiger partial charge in [0.05, 0.1) is 30.4 Å². The molecule has 0 atom stereocenters. The van der Waals surface area contributed by atoms with Crippen LogP contribution in [0, 0.1) is 0 Å². The summed E-state index contributed by atoms with van der Waals surface area (Å²) in [6.07, 6.45) is 0. The molecule has 3 N–H and O–H groups in total. The van der Waals surface area contributed by atoms with Crippen molar-refractivity contribution in [3.05, 3.63) is 57.3 Å². The summed E-state index contributed by atoms with van der Waals surface area (Å²) in [5.74, 6) is -0.522. The minimum absolute atomic E-state index is 0.242. The van der Waals surface area contributed by atoms with Crippen LogP contribution < -0.4 is 20.3 Å². The van der Waals surface area contributed by atoms with Crippen LogP contribution in [-0.4, -0.2) is 30.2 Å². The molecular formula is C18H15ClN2O5. The van der Waals surface area contributed by atoms with Crippen LogP contribution in [0.4, 0.5) is 5.69 Å². The topological polar surface area (TPSA) is 101 Å². The first-order valence-corrected chi connectivity index (χ1v) is 7.91. The summed E-state index contributed by atoms with van der Waals surface area (Å²) in [5, 5.41) is 13.6. The van der Waals surface area contributed by atoms with Crippen molar-refractivity contribution >= 4 is 34.1 Å². The zero-order valence-electron chi connectivity index (χ0n) is 13.9. The van der Waals surface area contributed by atoms with Gasteiger partial charge in [-0.3, -0.25) is 9.59 Å². The van der Waals surface area contributed by atoms with Gasteiger partial charge in [0, 0.05) is 11.5 Å². The van der Waals surface area contributed by atoms with Crippen LogP contribution >= 0.6 is 11.6 Å². The standard InChI is InChI=1S/C18H15ClN2O5/c1-25-13-7-9-12(8-14(13)26-2)21-18(24)15(16(9)22)17(23)20-11-6-4-3-5-10(11)19/h3-8H,1-2H3,(H,20,23)(H2,21,22,24). The number of anilines is 1. The number of H-pyrrole nitrogens is 1. The summed E-state index contributed by atoms with van der Waals surface area (Å²) in [6, 6.07) is 9.55. The maximum absolute atomic E-state index is 12.5. The fraction of sp³-hybridized carbons (Fsp3) is 0.111. The molecule has 0 aliphatic carbocycles. The van der Waals surface area contributed by atoms with E-state index in [1.54, 1.807) is 24.3 Å². The number of pyridine rings is 1. The molecule has 0 aliphatic rings. The van der Waals surface area contributed by atoms with Crippen molar-refractivity contribution in [2.45, 2.75) is 0 Å². The number of halogens is 1. The molecule has 0 saturated heterocycles. The first kappa shape index (κ1) is 17.6. The molecule has 26 heavy (non-hydrogen) atoms. The highest BCUT2D eigenvalue weighted by Crippen LogP contribution is 2.35.